The van der Waals surface area contributed by atoms with Crippen LogP contribution in [-0.4, -0.2) is 36.2 Å². The molecule has 1 aromatic carbocycles. The van der Waals surface area contributed by atoms with Gasteiger partial charge in [0.15, 0.2) is 5.41 Å². The Balaban J connectivity index is 1.67. The predicted molar refractivity (Wildman–Crippen MR) is 90.1 cm³/mol. The molecule has 6 heteroatoms. The second-order valence-corrected chi connectivity index (χ2v) is 6.67. The van der Waals surface area contributed by atoms with E-state index < -0.39 is 17.3 Å². The summed E-state index contributed by atoms with van der Waals surface area (Å²) in [6.07, 6.45) is 6.29. The van der Waals surface area contributed by atoms with Crippen molar-refractivity contribution in [1.29, 1.82) is 0 Å². The minimum Gasteiger partial charge on any atom is -0.490 e. The molecule has 2 aliphatic rings. The zero-order valence-corrected chi connectivity index (χ0v) is 13.7. The molecule has 1 unspecified atom stereocenters. The lowest BCUT2D eigenvalue weighted by molar-refractivity contribution is -0.152. The average Bonchev–Trinajstić information content (AvgIpc) is 3.07. The molecule has 2 fully saturated rings. The molecule has 1 heterocycles. The van der Waals surface area contributed by atoms with Crippen molar-refractivity contribution in [3.63, 3.8) is 0 Å². The molecule has 0 bridgehead atoms. The standard InChI is InChI=1S/C18H24N2O4/c21-16(18(17(22)23)9-10-19-12-18)20-13-5-4-8-15(11-13)24-14-6-2-1-3-7-14/h4-5,8,11,14,19H,1-3,6-7,9-10,12H2,(H,20,21)(H,22,23). The molecule has 0 spiro atoms. The van der Waals surface area contributed by atoms with Crippen molar-refractivity contribution in [2.75, 3.05) is 18.4 Å². The van der Waals surface area contributed by atoms with E-state index in [1.54, 1.807) is 12.1 Å². The molecule has 130 valence electrons. The number of nitrogens with one attached hydrogen (secondary N) is 2. The molecular weight excluding hydrogens is 308 g/mol. The van der Waals surface area contributed by atoms with E-state index in [0.717, 1.165) is 12.8 Å². The summed E-state index contributed by atoms with van der Waals surface area (Å²) in [5.74, 6) is -0.844. The van der Waals surface area contributed by atoms with Crippen molar-refractivity contribution in [2.24, 2.45) is 5.41 Å². The Hall–Kier alpha value is -2.08. The summed E-state index contributed by atoms with van der Waals surface area (Å²) in [6, 6.07) is 7.20. The first-order chi connectivity index (χ1) is 11.6. The Bertz CT molecular complexity index is 605. The molecule has 1 atom stereocenters. The summed E-state index contributed by atoms with van der Waals surface area (Å²) in [4.78, 5) is 24.1. The third-order valence-electron chi connectivity index (χ3n) is 4.95. The zero-order valence-electron chi connectivity index (χ0n) is 13.7. The molecule has 1 saturated carbocycles. The van der Waals surface area contributed by atoms with E-state index in [9.17, 15) is 14.7 Å². The van der Waals surface area contributed by atoms with Crippen LogP contribution in [0, 0.1) is 5.41 Å². The van der Waals surface area contributed by atoms with Crippen molar-refractivity contribution >= 4 is 17.6 Å². The Labute approximate surface area is 141 Å². The molecule has 24 heavy (non-hydrogen) atoms. The number of carbonyl (C=O) groups excluding carboxylic acids is 1. The molecular formula is C18H24N2O4. The van der Waals surface area contributed by atoms with Gasteiger partial charge >= 0.3 is 5.97 Å². The van der Waals surface area contributed by atoms with Crippen molar-refractivity contribution in [3.05, 3.63) is 24.3 Å². The highest BCUT2D eigenvalue weighted by Crippen LogP contribution is 2.29. The third-order valence-corrected chi connectivity index (χ3v) is 4.95. The van der Waals surface area contributed by atoms with Crippen molar-refractivity contribution in [1.82, 2.24) is 5.32 Å². The minimum atomic E-state index is -1.39. The van der Waals surface area contributed by atoms with Gasteiger partial charge in [0.2, 0.25) is 5.91 Å². The van der Waals surface area contributed by atoms with Crippen LogP contribution in [0.5, 0.6) is 5.75 Å². The smallest absolute Gasteiger partial charge is 0.320 e. The molecule has 6 nitrogen and oxygen atoms in total. The van der Waals surface area contributed by atoms with Gasteiger partial charge in [-0.2, -0.15) is 0 Å². The number of hydrogen-bond acceptors (Lipinski definition) is 4. The van der Waals surface area contributed by atoms with Gasteiger partial charge in [0, 0.05) is 18.3 Å². The van der Waals surface area contributed by atoms with Crippen molar-refractivity contribution < 1.29 is 19.4 Å². The second-order valence-electron chi connectivity index (χ2n) is 6.67. The maximum absolute atomic E-state index is 12.5. The largest absolute Gasteiger partial charge is 0.490 e. The predicted octanol–water partition coefficient (Wildman–Crippen LogP) is 2.40. The molecule has 0 radical (unpaired) electrons. The lowest BCUT2D eigenvalue weighted by atomic mass is 9.86. The van der Waals surface area contributed by atoms with Gasteiger partial charge in [0.25, 0.3) is 0 Å². The Kier molecular flexibility index (Phi) is 5.04. The maximum atomic E-state index is 12.5. The van der Waals surface area contributed by atoms with Crippen LogP contribution in [0.4, 0.5) is 5.69 Å². The van der Waals surface area contributed by atoms with E-state index in [0.29, 0.717) is 24.4 Å². The lowest BCUT2D eigenvalue weighted by Gasteiger charge is -2.24. The summed E-state index contributed by atoms with van der Waals surface area (Å²) < 4.78 is 6.00. The van der Waals surface area contributed by atoms with Gasteiger partial charge in [0.1, 0.15) is 5.75 Å². The Morgan fingerprint density at radius 3 is 2.71 bits per heavy atom. The fourth-order valence-electron chi connectivity index (χ4n) is 3.44. The molecule has 1 amide bonds. The third kappa shape index (κ3) is 3.53. The second kappa shape index (κ2) is 7.21. The van der Waals surface area contributed by atoms with Crippen LogP contribution in [0.1, 0.15) is 38.5 Å². The average molecular weight is 332 g/mol. The van der Waals surface area contributed by atoms with E-state index in [-0.39, 0.29) is 12.6 Å². The van der Waals surface area contributed by atoms with Gasteiger partial charge in [-0.1, -0.05) is 12.5 Å². The van der Waals surface area contributed by atoms with Gasteiger partial charge in [-0.3, -0.25) is 9.59 Å². The first-order valence-electron chi connectivity index (χ1n) is 8.62. The molecule has 3 rings (SSSR count). The number of hydrogen-bond donors (Lipinski definition) is 3. The number of carboxylic acid groups (broad SMARTS) is 1. The van der Waals surface area contributed by atoms with E-state index in [1.165, 1.54) is 19.3 Å². The molecule has 1 saturated heterocycles. The zero-order chi connectivity index (χ0) is 17.0. The maximum Gasteiger partial charge on any atom is 0.320 e. The van der Waals surface area contributed by atoms with Crippen LogP contribution in [-0.2, 0) is 9.59 Å². The van der Waals surface area contributed by atoms with E-state index >= 15 is 0 Å². The van der Waals surface area contributed by atoms with E-state index in [1.807, 2.05) is 12.1 Å². The summed E-state index contributed by atoms with van der Waals surface area (Å²) in [5.41, 5.74) is -0.818. The van der Waals surface area contributed by atoms with Crippen LogP contribution in [0.15, 0.2) is 24.3 Å². The molecule has 0 aromatic heterocycles. The molecule has 1 aromatic rings. The van der Waals surface area contributed by atoms with Gasteiger partial charge in [-0.25, -0.2) is 0 Å². The summed E-state index contributed by atoms with van der Waals surface area (Å²) in [7, 11) is 0. The van der Waals surface area contributed by atoms with Crippen molar-refractivity contribution in [2.45, 2.75) is 44.6 Å². The monoisotopic (exact) mass is 332 g/mol. The van der Waals surface area contributed by atoms with Gasteiger partial charge < -0.3 is 20.5 Å². The van der Waals surface area contributed by atoms with Crippen LogP contribution < -0.4 is 15.4 Å². The van der Waals surface area contributed by atoms with Crippen molar-refractivity contribution in [3.8, 4) is 5.75 Å². The molecule has 3 N–H and O–H groups in total. The van der Waals surface area contributed by atoms with Crippen LogP contribution in [0.2, 0.25) is 0 Å². The summed E-state index contributed by atoms with van der Waals surface area (Å²) >= 11 is 0. The number of aliphatic carboxylic acids is 1. The number of carboxylic acids is 1. The fourth-order valence-corrected chi connectivity index (χ4v) is 3.44. The highest BCUT2D eigenvalue weighted by atomic mass is 16.5. The lowest BCUT2D eigenvalue weighted by Crippen LogP contribution is -2.44. The highest BCUT2D eigenvalue weighted by Gasteiger charge is 2.48. The SMILES string of the molecule is O=C(O)C1(C(=O)Nc2cccc(OC3CCCCC3)c2)CCNC1. The topological polar surface area (TPSA) is 87.7 Å². The Morgan fingerprint density at radius 1 is 1.25 bits per heavy atom. The number of benzene rings is 1. The van der Waals surface area contributed by atoms with Crippen LogP contribution in [0.3, 0.4) is 0 Å². The number of anilines is 1. The molecule has 1 aliphatic carbocycles. The number of rotatable bonds is 5. The summed E-state index contributed by atoms with van der Waals surface area (Å²) in [5, 5.41) is 15.2. The molecule has 1 aliphatic heterocycles. The number of carbonyl (C=O) groups is 2. The van der Waals surface area contributed by atoms with Gasteiger partial charge in [-0.05, 0) is 50.8 Å². The van der Waals surface area contributed by atoms with Gasteiger partial charge in [0.05, 0.1) is 6.10 Å². The minimum absolute atomic E-state index is 0.159. The summed E-state index contributed by atoms with van der Waals surface area (Å²) in [6.45, 7) is 0.691. The van der Waals surface area contributed by atoms with E-state index in [4.69, 9.17) is 4.74 Å². The van der Waals surface area contributed by atoms with Gasteiger partial charge in [-0.15, -0.1) is 0 Å². The highest BCUT2D eigenvalue weighted by molar-refractivity contribution is 6.09. The van der Waals surface area contributed by atoms with Crippen LogP contribution in [0.25, 0.3) is 0 Å². The number of ether oxygens (including phenoxy) is 1. The Morgan fingerprint density at radius 2 is 2.04 bits per heavy atom. The normalized spacial score (nSPS) is 24.5. The first kappa shape index (κ1) is 16.8. The quantitative estimate of drug-likeness (QED) is 0.721. The first-order valence-corrected chi connectivity index (χ1v) is 8.62. The fraction of sp³-hybridized carbons (Fsp3) is 0.556. The van der Waals surface area contributed by atoms with E-state index in [2.05, 4.69) is 10.6 Å². The number of amides is 1. The van der Waals surface area contributed by atoms with Crippen LogP contribution >= 0.6 is 0 Å².